The molecule has 2 rings (SSSR count). The Labute approximate surface area is 135 Å². The van der Waals surface area contributed by atoms with Gasteiger partial charge in [-0.3, -0.25) is 9.69 Å². The SMILES string of the molecule is CN(CC(=O)Nc1cccc(Br)c1)C1CCCCC1CN. The molecule has 2 unspecified atom stereocenters. The summed E-state index contributed by atoms with van der Waals surface area (Å²) in [6.07, 6.45) is 4.82. The maximum absolute atomic E-state index is 12.2. The minimum atomic E-state index is 0.0249. The van der Waals surface area contributed by atoms with E-state index < -0.39 is 0 Å². The van der Waals surface area contributed by atoms with Crippen LogP contribution in [0.1, 0.15) is 25.7 Å². The van der Waals surface area contributed by atoms with Gasteiger partial charge >= 0.3 is 0 Å². The summed E-state index contributed by atoms with van der Waals surface area (Å²) < 4.78 is 0.962. The first-order valence-electron chi connectivity index (χ1n) is 7.56. The highest BCUT2D eigenvalue weighted by molar-refractivity contribution is 9.10. The number of benzene rings is 1. The molecule has 1 saturated carbocycles. The lowest BCUT2D eigenvalue weighted by atomic mass is 9.84. The third kappa shape index (κ3) is 4.80. The summed E-state index contributed by atoms with van der Waals surface area (Å²) in [4.78, 5) is 14.3. The number of halogens is 1. The van der Waals surface area contributed by atoms with Crippen molar-refractivity contribution in [3.05, 3.63) is 28.7 Å². The number of amides is 1. The average Bonchev–Trinajstić information content (AvgIpc) is 2.47. The third-order valence-electron chi connectivity index (χ3n) is 4.24. The van der Waals surface area contributed by atoms with Gasteiger partial charge in [0.15, 0.2) is 0 Å². The summed E-state index contributed by atoms with van der Waals surface area (Å²) in [6.45, 7) is 1.12. The topological polar surface area (TPSA) is 58.4 Å². The lowest BCUT2D eigenvalue weighted by Gasteiger charge is -2.37. The first-order chi connectivity index (χ1) is 10.1. The van der Waals surface area contributed by atoms with Crippen molar-refractivity contribution in [1.82, 2.24) is 4.90 Å². The number of rotatable bonds is 5. The zero-order valence-corrected chi connectivity index (χ0v) is 14.1. The second-order valence-electron chi connectivity index (χ2n) is 5.82. The molecule has 1 aliphatic carbocycles. The van der Waals surface area contributed by atoms with Gasteiger partial charge < -0.3 is 11.1 Å². The molecule has 2 atom stereocenters. The molecule has 4 nitrogen and oxygen atoms in total. The standard InChI is InChI=1S/C16H24BrN3O/c1-20(15-8-3-2-5-12(15)10-18)11-16(21)19-14-7-4-6-13(17)9-14/h4,6-7,9,12,15H,2-3,5,8,10-11,18H2,1H3,(H,19,21). The van der Waals surface area contributed by atoms with Crippen LogP contribution in [0.3, 0.4) is 0 Å². The molecule has 5 heteroatoms. The molecule has 3 N–H and O–H groups in total. The predicted octanol–water partition coefficient (Wildman–Crippen LogP) is 2.84. The van der Waals surface area contributed by atoms with Gasteiger partial charge in [0.25, 0.3) is 0 Å². The van der Waals surface area contributed by atoms with E-state index in [0.29, 0.717) is 25.0 Å². The van der Waals surface area contributed by atoms with E-state index in [-0.39, 0.29) is 5.91 Å². The third-order valence-corrected chi connectivity index (χ3v) is 4.73. The molecule has 1 amide bonds. The van der Waals surface area contributed by atoms with Crippen molar-refractivity contribution in [2.75, 3.05) is 25.5 Å². The van der Waals surface area contributed by atoms with Crippen molar-refractivity contribution >= 4 is 27.5 Å². The van der Waals surface area contributed by atoms with Crippen LogP contribution >= 0.6 is 15.9 Å². The molecule has 0 bridgehead atoms. The van der Waals surface area contributed by atoms with Gasteiger partial charge in [-0.05, 0) is 50.6 Å². The van der Waals surface area contributed by atoms with Gasteiger partial charge in [0, 0.05) is 16.2 Å². The van der Waals surface area contributed by atoms with Crippen LogP contribution in [0.15, 0.2) is 28.7 Å². The number of nitrogens with zero attached hydrogens (tertiary/aromatic N) is 1. The van der Waals surface area contributed by atoms with Gasteiger partial charge in [-0.15, -0.1) is 0 Å². The number of anilines is 1. The summed E-state index contributed by atoms with van der Waals surface area (Å²) in [5.41, 5.74) is 6.69. The predicted molar refractivity (Wildman–Crippen MR) is 90.2 cm³/mol. The normalized spacial score (nSPS) is 22.3. The van der Waals surface area contributed by atoms with Crippen LogP contribution in [0.25, 0.3) is 0 Å². The Morgan fingerprint density at radius 3 is 2.90 bits per heavy atom. The van der Waals surface area contributed by atoms with Gasteiger partial charge in [0.2, 0.25) is 5.91 Å². The molecule has 0 aromatic heterocycles. The summed E-state index contributed by atoms with van der Waals surface area (Å²) in [5.74, 6) is 0.541. The molecule has 116 valence electrons. The van der Waals surface area contributed by atoms with Crippen molar-refractivity contribution < 1.29 is 4.79 Å². The molecule has 1 aliphatic rings. The highest BCUT2D eigenvalue weighted by atomic mass is 79.9. The van der Waals surface area contributed by atoms with Gasteiger partial charge in [-0.25, -0.2) is 0 Å². The van der Waals surface area contributed by atoms with Crippen LogP contribution in [0, 0.1) is 5.92 Å². The first kappa shape index (κ1) is 16.5. The molecule has 21 heavy (non-hydrogen) atoms. The number of carbonyl (C=O) groups excluding carboxylic acids is 1. The highest BCUT2D eigenvalue weighted by Crippen LogP contribution is 2.27. The van der Waals surface area contributed by atoms with Crippen molar-refractivity contribution in [2.24, 2.45) is 11.7 Å². The van der Waals surface area contributed by atoms with Crippen molar-refractivity contribution in [3.8, 4) is 0 Å². The fourth-order valence-corrected chi connectivity index (χ4v) is 3.55. The quantitative estimate of drug-likeness (QED) is 0.855. The van der Waals surface area contributed by atoms with E-state index in [1.165, 1.54) is 19.3 Å². The van der Waals surface area contributed by atoms with E-state index in [1.807, 2.05) is 31.3 Å². The minimum Gasteiger partial charge on any atom is -0.330 e. The Balaban J connectivity index is 1.89. The molecule has 0 aliphatic heterocycles. The maximum atomic E-state index is 12.2. The van der Waals surface area contributed by atoms with Gasteiger partial charge in [0.05, 0.1) is 6.54 Å². The Kier molecular flexibility index (Phi) is 6.21. The average molecular weight is 354 g/mol. The number of hydrogen-bond acceptors (Lipinski definition) is 3. The Morgan fingerprint density at radius 1 is 1.43 bits per heavy atom. The molecule has 0 saturated heterocycles. The van der Waals surface area contributed by atoms with E-state index in [0.717, 1.165) is 16.6 Å². The summed E-state index contributed by atoms with van der Waals surface area (Å²) >= 11 is 3.41. The van der Waals surface area contributed by atoms with Crippen molar-refractivity contribution in [1.29, 1.82) is 0 Å². The first-order valence-corrected chi connectivity index (χ1v) is 8.35. The van der Waals surface area contributed by atoms with Crippen LogP contribution in [0.2, 0.25) is 0 Å². The fraction of sp³-hybridized carbons (Fsp3) is 0.562. The zero-order chi connectivity index (χ0) is 15.2. The lowest BCUT2D eigenvalue weighted by molar-refractivity contribution is -0.117. The molecule has 0 spiro atoms. The maximum Gasteiger partial charge on any atom is 0.238 e. The van der Waals surface area contributed by atoms with Crippen LogP contribution in [0.4, 0.5) is 5.69 Å². The number of nitrogens with two attached hydrogens (primary N) is 1. The minimum absolute atomic E-state index is 0.0249. The highest BCUT2D eigenvalue weighted by Gasteiger charge is 2.28. The molecule has 0 radical (unpaired) electrons. The Morgan fingerprint density at radius 2 is 2.19 bits per heavy atom. The van der Waals surface area contributed by atoms with E-state index in [2.05, 4.69) is 26.1 Å². The number of nitrogens with one attached hydrogen (secondary N) is 1. The Bertz CT molecular complexity index is 480. The molecular weight excluding hydrogens is 330 g/mol. The van der Waals surface area contributed by atoms with E-state index in [9.17, 15) is 4.79 Å². The van der Waals surface area contributed by atoms with E-state index in [4.69, 9.17) is 5.73 Å². The Hall–Kier alpha value is -0.910. The van der Waals surface area contributed by atoms with Crippen molar-refractivity contribution in [3.63, 3.8) is 0 Å². The van der Waals surface area contributed by atoms with Crippen LogP contribution in [-0.2, 0) is 4.79 Å². The van der Waals surface area contributed by atoms with Gasteiger partial charge in [-0.1, -0.05) is 34.8 Å². The van der Waals surface area contributed by atoms with Crippen molar-refractivity contribution in [2.45, 2.75) is 31.7 Å². The fourth-order valence-electron chi connectivity index (χ4n) is 3.15. The second-order valence-corrected chi connectivity index (χ2v) is 6.74. The number of likely N-dealkylation sites (N-methyl/N-ethyl adjacent to an activating group) is 1. The molecule has 1 aromatic rings. The largest absolute Gasteiger partial charge is 0.330 e. The van der Waals surface area contributed by atoms with Crippen LogP contribution < -0.4 is 11.1 Å². The molecular formula is C16H24BrN3O. The van der Waals surface area contributed by atoms with Gasteiger partial charge in [-0.2, -0.15) is 0 Å². The molecule has 0 heterocycles. The molecule has 1 aromatic carbocycles. The summed E-state index contributed by atoms with van der Waals surface area (Å²) in [7, 11) is 2.03. The van der Waals surface area contributed by atoms with E-state index in [1.54, 1.807) is 0 Å². The number of carbonyl (C=O) groups is 1. The van der Waals surface area contributed by atoms with Crippen LogP contribution in [-0.4, -0.2) is 37.0 Å². The monoisotopic (exact) mass is 353 g/mol. The lowest BCUT2D eigenvalue weighted by Crippen LogP contribution is -2.45. The molecule has 1 fully saturated rings. The second kappa shape index (κ2) is 7.92. The smallest absolute Gasteiger partial charge is 0.238 e. The van der Waals surface area contributed by atoms with Crippen LogP contribution in [0.5, 0.6) is 0 Å². The summed E-state index contributed by atoms with van der Waals surface area (Å²) in [5, 5.41) is 2.94. The zero-order valence-electron chi connectivity index (χ0n) is 12.5. The van der Waals surface area contributed by atoms with Gasteiger partial charge in [0.1, 0.15) is 0 Å². The van der Waals surface area contributed by atoms with E-state index >= 15 is 0 Å². The number of hydrogen-bond donors (Lipinski definition) is 2. The summed E-state index contributed by atoms with van der Waals surface area (Å²) in [6, 6.07) is 8.08.